The van der Waals surface area contributed by atoms with E-state index in [1.165, 1.54) is 12.8 Å². The lowest BCUT2D eigenvalue weighted by molar-refractivity contribution is 0.641. The summed E-state index contributed by atoms with van der Waals surface area (Å²) in [6.07, 6.45) is 5.87. The Bertz CT molecular complexity index is 972. The number of anilines is 3. The number of piperazine rings is 1. The molecule has 0 atom stereocenters. The molecule has 0 saturated carbocycles. The van der Waals surface area contributed by atoms with Crippen molar-refractivity contribution in [3.05, 3.63) is 36.5 Å². The average Bonchev–Trinajstić information content (AvgIpc) is 3.28. The van der Waals surface area contributed by atoms with Gasteiger partial charge in [-0.25, -0.2) is 24.9 Å². The van der Waals surface area contributed by atoms with Crippen molar-refractivity contribution in [2.45, 2.75) is 19.8 Å². The number of fused-ring (bicyclic) bond motifs is 1. The van der Waals surface area contributed by atoms with E-state index in [1.807, 2.05) is 19.1 Å². The fourth-order valence-electron chi connectivity index (χ4n) is 4.09. The minimum Gasteiger partial charge on any atom is -0.356 e. The zero-order valence-corrected chi connectivity index (χ0v) is 16.1. The first-order chi connectivity index (χ1) is 13.8. The van der Waals surface area contributed by atoms with Crippen LogP contribution in [0.15, 0.2) is 30.7 Å². The smallest absolute Gasteiger partial charge is 0.164 e. The van der Waals surface area contributed by atoms with Crippen LogP contribution in [0.25, 0.3) is 11.0 Å². The Kier molecular flexibility index (Phi) is 4.38. The lowest BCUT2D eigenvalue weighted by Gasteiger charge is -2.36. The second kappa shape index (κ2) is 7.18. The van der Waals surface area contributed by atoms with Crippen molar-refractivity contribution in [1.29, 1.82) is 0 Å². The largest absolute Gasteiger partial charge is 0.356 e. The Morgan fingerprint density at radius 3 is 2.21 bits per heavy atom. The van der Waals surface area contributed by atoms with Crippen LogP contribution in [-0.4, -0.2) is 64.2 Å². The van der Waals surface area contributed by atoms with E-state index < -0.39 is 0 Å². The summed E-state index contributed by atoms with van der Waals surface area (Å²) in [7, 11) is 0. The van der Waals surface area contributed by atoms with Crippen molar-refractivity contribution in [3.63, 3.8) is 0 Å². The highest BCUT2D eigenvalue weighted by atomic mass is 15.3. The molecule has 0 radical (unpaired) electrons. The second-order valence-electron chi connectivity index (χ2n) is 7.37. The number of rotatable bonds is 3. The van der Waals surface area contributed by atoms with Gasteiger partial charge >= 0.3 is 0 Å². The van der Waals surface area contributed by atoms with Gasteiger partial charge in [0.25, 0.3) is 0 Å². The molecule has 0 unspecified atom stereocenters. The van der Waals surface area contributed by atoms with Gasteiger partial charge < -0.3 is 14.7 Å². The van der Waals surface area contributed by atoms with E-state index in [0.29, 0.717) is 0 Å². The molecule has 5 heterocycles. The molecule has 0 aliphatic carbocycles. The van der Waals surface area contributed by atoms with Crippen LogP contribution in [0.5, 0.6) is 0 Å². The summed E-state index contributed by atoms with van der Waals surface area (Å²) < 4.78 is 0. The highest BCUT2D eigenvalue weighted by molar-refractivity contribution is 5.86. The van der Waals surface area contributed by atoms with Gasteiger partial charge in [-0.1, -0.05) is 0 Å². The van der Waals surface area contributed by atoms with Crippen molar-refractivity contribution in [1.82, 2.24) is 24.9 Å². The SMILES string of the molecule is Cc1nc(N2CCCC2)cc(N2CCN(c3ncnc4ncccc34)CC2)n1. The number of aromatic nitrogens is 5. The maximum atomic E-state index is 4.71. The molecule has 8 nitrogen and oxygen atoms in total. The lowest BCUT2D eigenvalue weighted by Crippen LogP contribution is -2.47. The minimum absolute atomic E-state index is 0.747. The van der Waals surface area contributed by atoms with E-state index in [-0.39, 0.29) is 0 Å². The topological polar surface area (TPSA) is 74.2 Å². The summed E-state index contributed by atoms with van der Waals surface area (Å²) in [6.45, 7) is 7.77. The number of pyridine rings is 1. The van der Waals surface area contributed by atoms with E-state index in [0.717, 1.165) is 73.6 Å². The number of hydrogen-bond donors (Lipinski definition) is 0. The van der Waals surface area contributed by atoms with Crippen molar-refractivity contribution >= 4 is 28.5 Å². The first-order valence-electron chi connectivity index (χ1n) is 9.94. The van der Waals surface area contributed by atoms with Crippen molar-refractivity contribution in [2.24, 2.45) is 0 Å². The molecule has 2 fully saturated rings. The summed E-state index contributed by atoms with van der Waals surface area (Å²) in [4.78, 5) is 29.6. The molecular weight excluding hydrogens is 352 g/mol. The third kappa shape index (κ3) is 3.19. The monoisotopic (exact) mass is 376 g/mol. The standard InChI is InChI=1S/C20H24N8/c1-15-24-17(26-7-2-3-8-26)13-18(25-15)27-9-11-28(12-10-27)20-16-5-4-6-21-19(16)22-14-23-20/h4-6,13-14H,2-3,7-12H2,1H3. The summed E-state index contributed by atoms with van der Waals surface area (Å²) in [6, 6.07) is 6.13. The van der Waals surface area contributed by atoms with Crippen molar-refractivity contribution in [2.75, 3.05) is 54.0 Å². The summed E-state index contributed by atoms with van der Waals surface area (Å²) in [5, 5.41) is 1.01. The molecule has 3 aromatic rings. The molecule has 5 rings (SSSR count). The molecule has 0 aromatic carbocycles. The van der Waals surface area contributed by atoms with Crippen LogP contribution in [0.1, 0.15) is 18.7 Å². The molecule has 0 N–H and O–H groups in total. The Labute approximate surface area is 164 Å². The minimum atomic E-state index is 0.747. The third-order valence-electron chi connectivity index (χ3n) is 5.53. The highest BCUT2D eigenvalue weighted by Crippen LogP contribution is 2.26. The molecule has 2 aliphatic heterocycles. The van der Waals surface area contributed by atoms with Crippen LogP contribution in [0.3, 0.4) is 0 Å². The number of nitrogens with zero attached hydrogens (tertiary/aromatic N) is 8. The second-order valence-corrected chi connectivity index (χ2v) is 7.37. The van der Waals surface area contributed by atoms with Gasteiger partial charge in [-0.05, 0) is 31.9 Å². The predicted octanol–water partition coefficient (Wildman–Crippen LogP) is 2.05. The van der Waals surface area contributed by atoms with Crippen LogP contribution in [0.4, 0.5) is 17.5 Å². The van der Waals surface area contributed by atoms with E-state index >= 15 is 0 Å². The fraction of sp³-hybridized carbons (Fsp3) is 0.450. The molecular formula is C20H24N8. The summed E-state index contributed by atoms with van der Waals surface area (Å²) in [5.74, 6) is 3.91. The Morgan fingerprint density at radius 2 is 1.46 bits per heavy atom. The summed E-state index contributed by atoms with van der Waals surface area (Å²) >= 11 is 0. The molecule has 0 bridgehead atoms. The fourth-order valence-corrected chi connectivity index (χ4v) is 4.09. The molecule has 2 saturated heterocycles. The van der Waals surface area contributed by atoms with Crippen LogP contribution < -0.4 is 14.7 Å². The van der Waals surface area contributed by atoms with Gasteiger partial charge in [0.15, 0.2) is 5.65 Å². The van der Waals surface area contributed by atoms with E-state index in [2.05, 4.69) is 40.7 Å². The Balaban J connectivity index is 1.34. The maximum absolute atomic E-state index is 4.71. The number of hydrogen-bond acceptors (Lipinski definition) is 8. The molecule has 28 heavy (non-hydrogen) atoms. The van der Waals surface area contributed by atoms with Gasteiger partial charge in [-0.2, -0.15) is 0 Å². The molecule has 2 aliphatic rings. The van der Waals surface area contributed by atoms with Gasteiger partial charge in [0.05, 0.1) is 5.39 Å². The summed E-state index contributed by atoms with van der Waals surface area (Å²) in [5.41, 5.74) is 0.747. The van der Waals surface area contributed by atoms with Gasteiger partial charge in [-0.3, -0.25) is 0 Å². The predicted molar refractivity (Wildman–Crippen MR) is 110 cm³/mol. The van der Waals surface area contributed by atoms with E-state index in [1.54, 1.807) is 12.5 Å². The molecule has 0 spiro atoms. The number of aryl methyl sites for hydroxylation is 1. The van der Waals surface area contributed by atoms with Gasteiger partial charge in [0.1, 0.15) is 29.6 Å². The zero-order valence-electron chi connectivity index (χ0n) is 16.1. The lowest BCUT2D eigenvalue weighted by atomic mass is 10.2. The normalized spacial score (nSPS) is 17.5. The molecule has 3 aromatic heterocycles. The molecule has 8 heteroatoms. The highest BCUT2D eigenvalue weighted by Gasteiger charge is 2.23. The maximum Gasteiger partial charge on any atom is 0.164 e. The van der Waals surface area contributed by atoms with Crippen molar-refractivity contribution < 1.29 is 0 Å². The Hall–Kier alpha value is -3.03. The van der Waals surface area contributed by atoms with Gasteiger partial charge in [0.2, 0.25) is 0 Å². The van der Waals surface area contributed by atoms with Crippen LogP contribution in [0, 0.1) is 6.92 Å². The van der Waals surface area contributed by atoms with E-state index in [9.17, 15) is 0 Å². The Morgan fingerprint density at radius 1 is 0.786 bits per heavy atom. The quantitative estimate of drug-likeness (QED) is 0.688. The first kappa shape index (κ1) is 17.1. The average molecular weight is 376 g/mol. The van der Waals surface area contributed by atoms with Gasteiger partial charge in [0, 0.05) is 51.5 Å². The molecule has 0 amide bonds. The van der Waals surface area contributed by atoms with Crippen LogP contribution in [-0.2, 0) is 0 Å². The van der Waals surface area contributed by atoms with Crippen molar-refractivity contribution in [3.8, 4) is 0 Å². The zero-order chi connectivity index (χ0) is 18.9. The van der Waals surface area contributed by atoms with Crippen LogP contribution >= 0.6 is 0 Å². The van der Waals surface area contributed by atoms with Crippen LogP contribution in [0.2, 0.25) is 0 Å². The molecule has 144 valence electrons. The first-order valence-corrected chi connectivity index (χ1v) is 9.94. The van der Waals surface area contributed by atoms with Gasteiger partial charge in [-0.15, -0.1) is 0 Å². The third-order valence-corrected chi connectivity index (χ3v) is 5.53. The van der Waals surface area contributed by atoms with E-state index in [4.69, 9.17) is 4.98 Å².